The second-order valence-electron chi connectivity index (χ2n) is 10.5. The van der Waals surface area contributed by atoms with Crippen LogP contribution in [0.25, 0.3) is 44.5 Å². The van der Waals surface area contributed by atoms with E-state index in [9.17, 15) is 44.7 Å². The molecule has 6 nitrogen and oxygen atoms in total. The second-order valence-corrected chi connectivity index (χ2v) is 12.7. The van der Waals surface area contributed by atoms with Crippen LogP contribution in [0.3, 0.4) is 0 Å². The van der Waals surface area contributed by atoms with Gasteiger partial charge in [-0.15, -0.1) is 0 Å². The third-order valence-electron chi connectivity index (χ3n) is 7.57. The predicted octanol–water partition coefficient (Wildman–Crippen LogP) is 9.72. The number of fused-ring (bicyclic) bond motifs is 1. The van der Waals surface area contributed by atoms with Crippen molar-refractivity contribution in [2.45, 2.75) is 17.5 Å². The van der Waals surface area contributed by atoms with Gasteiger partial charge in [-0.25, -0.2) is 30.4 Å². The highest BCUT2D eigenvalue weighted by molar-refractivity contribution is 7.90. The molecule has 2 aromatic heterocycles. The first-order valence-corrected chi connectivity index (χ1v) is 15.6. The van der Waals surface area contributed by atoms with Crippen molar-refractivity contribution in [3.05, 3.63) is 131 Å². The van der Waals surface area contributed by atoms with E-state index >= 15 is 0 Å². The van der Waals surface area contributed by atoms with Gasteiger partial charge in [0, 0.05) is 38.9 Å². The van der Waals surface area contributed by atoms with Crippen LogP contribution in [0.4, 0.5) is 26.3 Å². The summed E-state index contributed by atoms with van der Waals surface area (Å²) >= 11 is 6.41. The third-order valence-corrected chi connectivity index (χ3v) is 9.61. The van der Waals surface area contributed by atoms with Gasteiger partial charge in [-0.05, 0) is 66.2 Å². The van der Waals surface area contributed by atoms with Gasteiger partial charge in [0.25, 0.3) is 16.4 Å². The predicted molar refractivity (Wildman–Crippen MR) is 167 cm³/mol. The highest BCUT2D eigenvalue weighted by Crippen LogP contribution is 2.47. The number of hydrogen-bond acceptors (Lipinski definition) is 4. The lowest BCUT2D eigenvalue weighted by molar-refractivity contribution is -0.137. The van der Waals surface area contributed by atoms with Crippen LogP contribution in [0.1, 0.15) is 27.9 Å². The first kappa shape index (κ1) is 32.8. The van der Waals surface area contributed by atoms with Crippen LogP contribution < -0.4 is 0 Å². The minimum Gasteiger partial charge on any atom is -0.478 e. The molecule has 0 saturated heterocycles. The lowest BCUT2D eigenvalue weighted by Crippen LogP contribution is -2.15. The molecule has 0 aliphatic carbocycles. The molecule has 2 heterocycles. The fourth-order valence-electron chi connectivity index (χ4n) is 5.43. The molecule has 0 bridgehead atoms. The molecule has 0 spiro atoms. The van der Waals surface area contributed by atoms with Crippen molar-refractivity contribution in [3.63, 3.8) is 0 Å². The van der Waals surface area contributed by atoms with Gasteiger partial charge in [-0.3, -0.25) is 4.98 Å². The smallest absolute Gasteiger partial charge is 0.418 e. The van der Waals surface area contributed by atoms with Crippen molar-refractivity contribution < 1.29 is 44.7 Å². The fourth-order valence-corrected chi connectivity index (χ4v) is 7.26. The number of nitrogens with zero attached hydrogens (tertiary/aromatic N) is 2. The van der Waals surface area contributed by atoms with E-state index in [1.54, 1.807) is 6.07 Å². The summed E-state index contributed by atoms with van der Waals surface area (Å²) in [5.41, 5.74) is -2.72. The summed E-state index contributed by atoms with van der Waals surface area (Å²) in [6, 6.07) is 18.2. The molecule has 4 aromatic carbocycles. The number of alkyl halides is 5. The van der Waals surface area contributed by atoms with Crippen molar-refractivity contribution in [1.82, 2.24) is 8.96 Å². The first-order chi connectivity index (χ1) is 22.7. The Morgan fingerprint density at radius 2 is 1.58 bits per heavy atom. The minimum absolute atomic E-state index is 0.0192. The second kappa shape index (κ2) is 12.1. The Labute approximate surface area is 273 Å². The van der Waals surface area contributed by atoms with E-state index in [1.807, 2.05) is 0 Å². The van der Waals surface area contributed by atoms with E-state index in [0.29, 0.717) is 11.1 Å². The average Bonchev–Trinajstić information content (AvgIpc) is 3.39. The first-order valence-electron chi connectivity index (χ1n) is 13.8. The van der Waals surface area contributed by atoms with Crippen molar-refractivity contribution >= 4 is 38.5 Å². The number of carboxylic acids is 1. The number of carboxylic acid groups (broad SMARTS) is 1. The van der Waals surface area contributed by atoms with Crippen LogP contribution in [0.5, 0.6) is 0 Å². The zero-order chi connectivity index (χ0) is 34.5. The van der Waals surface area contributed by atoms with Crippen LogP contribution in [0, 0.1) is 5.82 Å². The molecule has 0 saturated carbocycles. The number of aromatic carboxylic acids is 1. The number of halogens is 7. The van der Waals surface area contributed by atoms with E-state index in [2.05, 4.69) is 4.98 Å². The molecular formula is C34H19ClF6N2O4S. The Balaban J connectivity index is 1.74. The highest BCUT2D eigenvalue weighted by Gasteiger charge is 2.38. The number of carbonyl (C=O) groups is 1. The molecule has 14 heteroatoms. The average molecular weight is 701 g/mol. The standard InChI is InChI=1S/C34H19ClF6N2O4S/c35-27-16-21(33(44)45)8-12-24(27)19-3-1-4-20(15-19)31-29(30-26(34(39,40)41)5-2-14-42-30)25-17-22(36)9-13-28(25)43(31)48(46,47)23-10-6-18(7-11-23)32(37)38/h1-17,32H,(H,44,45). The summed E-state index contributed by atoms with van der Waals surface area (Å²) in [6.07, 6.45) is -6.79. The Kier molecular flexibility index (Phi) is 8.30. The fraction of sp³-hybridized carbons (Fsp3) is 0.0588. The zero-order valence-corrected chi connectivity index (χ0v) is 25.6. The Hall–Kier alpha value is -5.14. The summed E-state index contributed by atoms with van der Waals surface area (Å²) in [5.74, 6) is -2.11. The number of aromatic nitrogens is 2. The van der Waals surface area contributed by atoms with Crippen LogP contribution in [0.2, 0.25) is 5.02 Å². The minimum atomic E-state index is -4.96. The molecule has 1 N–H and O–H groups in total. The van der Waals surface area contributed by atoms with Gasteiger partial charge in [0.2, 0.25) is 0 Å². The van der Waals surface area contributed by atoms with Gasteiger partial charge in [0.15, 0.2) is 0 Å². The number of rotatable bonds is 7. The SMILES string of the molecule is O=C(O)c1ccc(-c2cccc(-c3c(-c4ncccc4C(F)(F)F)c4cc(F)ccc4n3S(=O)(=O)c3ccc(C(F)F)cc3)c2)c(Cl)c1. The highest BCUT2D eigenvalue weighted by atomic mass is 35.5. The van der Waals surface area contributed by atoms with Crippen LogP contribution in [-0.4, -0.2) is 28.5 Å². The monoisotopic (exact) mass is 700 g/mol. The van der Waals surface area contributed by atoms with Crippen LogP contribution in [-0.2, 0) is 16.2 Å². The quantitative estimate of drug-likeness (QED) is 0.168. The van der Waals surface area contributed by atoms with Gasteiger partial charge in [0.1, 0.15) is 5.82 Å². The van der Waals surface area contributed by atoms with E-state index in [-0.39, 0.29) is 38.3 Å². The topological polar surface area (TPSA) is 89.3 Å². The van der Waals surface area contributed by atoms with Gasteiger partial charge < -0.3 is 5.11 Å². The van der Waals surface area contributed by atoms with E-state index in [0.717, 1.165) is 64.8 Å². The van der Waals surface area contributed by atoms with Gasteiger partial charge in [-0.1, -0.05) is 48.0 Å². The molecule has 0 radical (unpaired) electrons. The molecule has 6 aromatic rings. The van der Waals surface area contributed by atoms with Crippen LogP contribution in [0.15, 0.2) is 108 Å². The van der Waals surface area contributed by atoms with Crippen molar-refractivity contribution in [2.75, 3.05) is 0 Å². The number of hydrogen-bond donors (Lipinski definition) is 1. The zero-order valence-electron chi connectivity index (χ0n) is 24.0. The molecule has 0 atom stereocenters. The van der Waals surface area contributed by atoms with Gasteiger partial charge in [0.05, 0.1) is 32.9 Å². The number of pyridine rings is 1. The summed E-state index contributed by atoms with van der Waals surface area (Å²) in [5, 5.41) is 9.14. The van der Waals surface area contributed by atoms with Gasteiger partial charge in [-0.2, -0.15) is 13.2 Å². The number of benzene rings is 4. The summed E-state index contributed by atoms with van der Waals surface area (Å²) in [7, 11) is -4.79. The third kappa shape index (κ3) is 5.79. The van der Waals surface area contributed by atoms with E-state index in [1.165, 1.54) is 36.4 Å². The molecule has 0 aliphatic rings. The normalized spacial score (nSPS) is 12.2. The lowest BCUT2D eigenvalue weighted by Gasteiger charge is -2.17. The molecule has 0 fully saturated rings. The molecule has 48 heavy (non-hydrogen) atoms. The van der Waals surface area contributed by atoms with E-state index in [4.69, 9.17) is 11.6 Å². The molecular weight excluding hydrogens is 682 g/mol. The van der Waals surface area contributed by atoms with Crippen molar-refractivity contribution in [3.8, 4) is 33.6 Å². The van der Waals surface area contributed by atoms with Crippen LogP contribution >= 0.6 is 11.6 Å². The summed E-state index contributed by atoms with van der Waals surface area (Å²) in [6.45, 7) is 0. The maximum absolute atomic E-state index is 14.8. The largest absolute Gasteiger partial charge is 0.478 e. The Morgan fingerprint density at radius 3 is 2.23 bits per heavy atom. The molecule has 0 unspecified atom stereocenters. The van der Waals surface area contributed by atoms with Gasteiger partial charge >= 0.3 is 12.1 Å². The lowest BCUT2D eigenvalue weighted by atomic mass is 9.96. The molecule has 0 amide bonds. The van der Waals surface area contributed by atoms with Crippen molar-refractivity contribution in [1.29, 1.82) is 0 Å². The summed E-state index contributed by atoms with van der Waals surface area (Å²) in [4.78, 5) is 15.0. The molecule has 0 aliphatic heterocycles. The Bertz CT molecular complexity index is 2340. The maximum atomic E-state index is 14.8. The molecule has 244 valence electrons. The Morgan fingerprint density at radius 1 is 0.875 bits per heavy atom. The maximum Gasteiger partial charge on any atom is 0.418 e. The van der Waals surface area contributed by atoms with E-state index < -0.39 is 56.1 Å². The summed E-state index contributed by atoms with van der Waals surface area (Å²) < 4.78 is 114. The molecule has 6 rings (SSSR count). The van der Waals surface area contributed by atoms with Crippen molar-refractivity contribution in [2.24, 2.45) is 0 Å².